The number of aromatic nitrogens is 3. The number of fused-ring (bicyclic) bond motifs is 3. The molecule has 0 fully saturated rings. The number of halogens is 2. The van der Waals surface area contributed by atoms with Gasteiger partial charge in [0.05, 0.1) is 40.6 Å². The summed E-state index contributed by atoms with van der Waals surface area (Å²) in [5.74, 6) is -0.798. The summed E-state index contributed by atoms with van der Waals surface area (Å²) >= 11 is 12.2. The minimum Gasteiger partial charge on any atom is -0.384 e. The second-order valence-corrected chi connectivity index (χ2v) is 11.9. The van der Waals surface area contributed by atoms with Gasteiger partial charge in [0.1, 0.15) is 17.3 Å². The zero-order valence-corrected chi connectivity index (χ0v) is 25.0. The summed E-state index contributed by atoms with van der Waals surface area (Å²) in [6.07, 6.45) is 2.06. The van der Waals surface area contributed by atoms with Crippen molar-refractivity contribution in [3.63, 3.8) is 0 Å². The lowest BCUT2D eigenvalue weighted by atomic mass is 9.96. The van der Waals surface area contributed by atoms with Crippen LogP contribution in [-0.2, 0) is 23.4 Å². The van der Waals surface area contributed by atoms with E-state index in [0.717, 1.165) is 5.56 Å². The van der Waals surface area contributed by atoms with Gasteiger partial charge >= 0.3 is 0 Å². The Hall–Kier alpha value is -3.47. The van der Waals surface area contributed by atoms with Crippen LogP contribution in [0.25, 0.3) is 0 Å². The zero-order chi connectivity index (χ0) is 29.8. The summed E-state index contributed by atoms with van der Waals surface area (Å²) in [5, 5.41) is 18.3. The lowest BCUT2D eigenvalue weighted by molar-refractivity contribution is -0.125. The molecule has 3 aromatic rings. The number of hydrogen-bond acceptors (Lipinski definition) is 6. The molecule has 2 aliphatic rings. The van der Waals surface area contributed by atoms with Crippen LogP contribution in [0.15, 0.2) is 36.5 Å². The molecule has 216 valence electrons. The Morgan fingerprint density at radius 2 is 1.90 bits per heavy atom. The first-order chi connectivity index (χ1) is 19.3. The Morgan fingerprint density at radius 3 is 2.51 bits per heavy atom. The SMILES string of the molecule is CNC(=O)[C@@H]1CN([C@@H](C)c2ccc(C(C)(C)O)nc2)C(=O)c2c3c(nn21)C[C@@H](C)N(C(=O)c1ccc(Cl)c(Cl)c1)C3. The Kier molecular flexibility index (Phi) is 7.61. The number of pyridine rings is 1. The molecule has 2 N–H and O–H groups in total. The highest BCUT2D eigenvalue weighted by molar-refractivity contribution is 6.42. The molecule has 4 heterocycles. The summed E-state index contributed by atoms with van der Waals surface area (Å²) < 4.78 is 1.52. The van der Waals surface area contributed by atoms with E-state index in [-0.39, 0.29) is 41.9 Å². The van der Waals surface area contributed by atoms with Crippen LogP contribution in [0.1, 0.15) is 83.1 Å². The summed E-state index contributed by atoms with van der Waals surface area (Å²) in [6.45, 7) is 7.37. The van der Waals surface area contributed by atoms with Crippen molar-refractivity contribution >= 4 is 40.9 Å². The minimum absolute atomic E-state index is 0.113. The van der Waals surface area contributed by atoms with E-state index in [0.29, 0.717) is 39.7 Å². The van der Waals surface area contributed by atoms with Crippen LogP contribution in [0.2, 0.25) is 10.0 Å². The molecule has 41 heavy (non-hydrogen) atoms. The van der Waals surface area contributed by atoms with Gasteiger partial charge in [-0.15, -0.1) is 0 Å². The van der Waals surface area contributed by atoms with E-state index in [1.807, 2.05) is 19.9 Å². The van der Waals surface area contributed by atoms with Crippen LogP contribution >= 0.6 is 23.2 Å². The normalized spacial score (nSPS) is 19.5. The number of nitrogens with zero attached hydrogens (tertiary/aromatic N) is 5. The molecule has 5 rings (SSSR count). The zero-order valence-electron chi connectivity index (χ0n) is 23.5. The van der Waals surface area contributed by atoms with Gasteiger partial charge in [-0.2, -0.15) is 5.10 Å². The fourth-order valence-electron chi connectivity index (χ4n) is 5.45. The van der Waals surface area contributed by atoms with Gasteiger partial charge in [-0.25, -0.2) is 4.68 Å². The monoisotopic (exact) mass is 598 g/mol. The van der Waals surface area contributed by atoms with E-state index < -0.39 is 17.7 Å². The van der Waals surface area contributed by atoms with Crippen molar-refractivity contribution in [2.75, 3.05) is 13.6 Å². The van der Waals surface area contributed by atoms with E-state index in [4.69, 9.17) is 28.3 Å². The number of carbonyl (C=O) groups excluding carboxylic acids is 3. The highest BCUT2D eigenvalue weighted by Gasteiger charge is 2.43. The fourth-order valence-corrected chi connectivity index (χ4v) is 5.75. The molecule has 0 bridgehead atoms. The molecule has 3 amide bonds. The predicted octanol–water partition coefficient (Wildman–Crippen LogP) is 3.90. The van der Waals surface area contributed by atoms with E-state index in [1.165, 1.54) is 10.7 Å². The number of aliphatic hydroxyl groups is 1. The maximum Gasteiger partial charge on any atom is 0.273 e. The van der Waals surface area contributed by atoms with Gasteiger partial charge in [-0.3, -0.25) is 19.4 Å². The highest BCUT2D eigenvalue weighted by atomic mass is 35.5. The van der Waals surface area contributed by atoms with E-state index >= 15 is 0 Å². The molecule has 0 spiro atoms. The second-order valence-electron chi connectivity index (χ2n) is 11.1. The van der Waals surface area contributed by atoms with Crippen molar-refractivity contribution in [1.82, 2.24) is 29.9 Å². The van der Waals surface area contributed by atoms with Gasteiger partial charge in [0.2, 0.25) is 5.91 Å². The van der Waals surface area contributed by atoms with Gasteiger partial charge in [0.25, 0.3) is 11.8 Å². The third kappa shape index (κ3) is 5.20. The van der Waals surface area contributed by atoms with Crippen molar-refractivity contribution in [2.45, 2.75) is 64.4 Å². The first kappa shape index (κ1) is 29.0. The van der Waals surface area contributed by atoms with Gasteiger partial charge in [0, 0.05) is 36.8 Å². The quantitative estimate of drug-likeness (QED) is 0.459. The summed E-state index contributed by atoms with van der Waals surface area (Å²) in [4.78, 5) is 48.4. The van der Waals surface area contributed by atoms with Gasteiger partial charge in [-0.1, -0.05) is 29.3 Å². The Morgan fingerprint density at radius 1 is 1.17 bits per heavy atom. The van der Waals surface area contributed by atoms with Crippen LogP contribution in [-0.4, -0.2) is 67.0 Å². The molecular weight excluding hydrogens is 567 g/mol. The van der Waals surface area contributed by atoms with Crippen molar-refractivity contribution in [2.24, 2.45) is 0 Å². The first-order valence-electron chi connectivity index (χ1n) is 13.4. The van der Waals surface area contributed by atoms with E-state index in [2.05, 4.69) is 10.3 Å². The fraction of sp³-hybridized carbons (Fsp3) is 0.414. The molecule has 0 unspecified atom stereocenters. The van der Waals surface area contributed by atoms with E-state index in [9.17, 15) is 19.5 Å². The first-order valence-corrected chi connectivity index (χ1v) is 14.1. The van der Waals surface area contributed by atoms with Gasteiger partial charge in [-0.05, 0) is 57.5 Å². The molecule has 0 saturated carbocycles. The molecule has 10 nitrogen and oxygen atoms in total. The number of nitrogens with one attached hydrogen (secondary N) is 1. The maximum absolute atomic E-state index is 14.1. The van der Waals surface area contributed by atoms with Crippen LogP contribution < -0.4 is 5.32 Å². The average molecular weight is 600 g/mol. The third-order valence-corrected chi connectivity index (χ3v) is 8.65. The van der Waals surface area contributed by atoms with Crippen molar-refractivity contribution in [1.29, 1.82) is 0 Å². The van der Waals surface area contributed by atoms with Crippen molar-refractivity contribution < 1.29 is 19.5 Å². The molecule has 1 aromatic carbocycles. The number of amides is 3. The Balaban J connectivity index is 1.52. The van der Waals surface area contributed by atoms with Crippen LogP contribution in [0.4, 0.5) is 0 Å². The number of hydrogen-bond donors (Lipinski definition) is 2. The molecule has 3 atom stereocenters. The highest BCUT2D eigenvalue weighted by Crippen LogP contribution is 2.36. The maximum atomic E-state index is 14.1. The number of benzene rings is 1. The largest absolute Gasteiger partial charge is 0.384 e. The number of likely N-dealkylation sites (N-methyl/N-ethyl adjacent to an activating group) is 1. The van der Waals surface area contributed by atoms with Crippen LogP contribution in [0.5, 0.6) is 0 Å². The van der Waals surface area contributed by atoms with Gasteiger partial charge in [0.15, 0.2) is 0 Å². The van der Waals surface area contributed by atoms with Crippen LogP contribution in [0, 0.1) is 0 Å². The Labute approximate surface area is 248 Å². The van der Waals surface area contributed by atoms with E-state index in [1.54, 1.807) is 55.1 Å². The third-order valence-electron chi connectivity index (χ3n) is 7.91. The standard InChI is InChI=1S/C29H32Cl2N6O4/c1-15-10-22-19(13-35(15)27(39)17-6-8-20(30)21(31)11-17)25-28(40)36(14-23(26(38)32-5)37(25)34-22)16(2)18-7-9-24(33-12-18)29(3,4)41/h6-9,11-12,15-16,23,41H,10,13-14H2,1-5H3,(H,32,38)/t15-,16+,23+/m1/s1. The predicted molar refractivity (Wildman–Crippen MR) is 154 cm³/mol. The van der Waals surface area contributed by atoms with Crippen LogP contribution in [0.3, 0.4) is 0 Å². The second kappa shape index (κ2) is 10.7. The summed E-state index contributed by atoms with van der Waals surface area (Å²) in [6, 6.07) is 6.93. The summed E-state index contributed by atoms with van der Waals surface area (Å²) in [5.41, 5.74) is 2.18. The molecule has 2 aromatic heterocycles. The van der Waals surface area contributed by atoms with Crippen molar-refractivity contribution in [3.8, 4) is 0 Å². The number of rotatable bonds is 5. The molecule has 0 saturated heterocycles. The molecular formula is C29H32Cl2N6O4. The lowest BCUT2D eigenvalue weighted by Gasteiger charge is -2.38. The Bertz CT molecular complexity index is 1530. The smallest absolute Gasteiger partial charge is 0.273 e. The minimum atomic E-state index is -1.10. The number of carbonyl (C=O) groups is 3. The van der Waals surface area contributed by atoms with Gasteiger partial charge < -0.3 is 20.2 Å². The molecule has 0 radical (unpaired) electrons. The molecule has 0 aliphatic carbocycles. The molecule has 2 aliphatic heterocycles. The average Bonchev–Trinajstić information content (AvgIpc) is 3.31. The van der Waals surface area contributed by atoms with Crippen molar-refractivity contribution in [3.05, 3.63) is 80.3 Å². The summed E-state index contributed by atoms with van der Waals surface area (Å²) in [7, 11) is 1.55. The lowest BCUT2D eigenvalue weighted by Crippen LogP contribution is -2.49. The topological polar surface area (TPSA) is 121 Å². The molecule has 12 heteroatoms.